The molecule has 0 saturated heterocycles. The molecule has 1 aromatic heterocycles. The van der Waals surface area contributed by atoms with Crippen LogP contribution < -0.4 is 14.8 Å². The van der Waals surface area contributed by atoms with Crippen molar-refractivity contribution < 1.29 is 14.3 Å². The second-order valence-corrected chi connectivity index (χ2v) is 9.03. The van der Waals surface area contributed by atoms with Crippen LogP contribution in [0.3, 0.4) is 0 Å². The van der Waals surface area contributed by atoms with Gasteiger partial charge in [0, 0.05) is 12.2 Å². The zero-order chi connectivity index (χ0) is 24.5. The Morgan fingerprint density at radius 1 is 1.15 bits per heavy atom. The summed E-state index contributed by atoms with van der Waals surface area (Å²) in [4.78, 5) is 12.5. The molecule has 1 amide bonds. The fraction of sp³-hybridized carbons (Fsp3) is 0.346. The van der Waals surface area contributed by atoms with Gasteiger partial charge < -0.3 is 14.8 Å². The van der Waals surface area contributed by atoms with Gasteiger partial charge in [0.25, 0.3) is 0 Å². The Balaban J connectivity index is 1.62. The minimum Gasteiger partial charge on any atom is -0.490 e. The lowest BCUT2D eigenvalue weighted by molar-refractivity contribution is -0.113. The van der Waals surface area contributed by atoms with E-state index in [1.807, 2.05) is 60.9 Å². The third-order valence-electron chi connectivity index (χ3n) is 5.05. The van der Waals surface area contributed by atoms with Gasteiger partial charge in [0.15, 0.2) is 22.5 Å². The number of benzene rings is 2. The van der Waals surface area contributed by atoms with Crippen molar-refractivity contribution in [2.45, 2.75) is 51.9 Å². The van der Waals surface area contributed by atoms with Crippen LogP contribution in [0.25, 0.3) is 0 Å². The predicted octanol–water partition coefficient (Wildman–Crippen LogP) is 5.60. The van der Waals surface area contributed by atoms with Gasteiger partial charge in [-0.15, -0.1) is 16.8 Å². The van der Waals surface area contributed by atoms with Crippen molar-refractivity contribution in [2.24, 2.45) is 0 Å². The summed E-state index contributed by atoms with van der Waals surface area (Å²) in [7, 11) is 0. The number of carbonyl (C=O) groups excluding carboxylic acids is 1. The Kier molecular flexibility index (Phi) is 9.16. The number of anilines is 1. The normalized spacial score (nSPS) is 10.9. The minimum absolute atomic E-state index is 0.103. The first-order valence-corrected chi connectivity index (χ1v) is 12.3. The number of aryl methyl sites for hydroxylation is 1. The van der Waals surface area contributed by atoms with Crippen LogP contribution in [0.15, 0.2) is 60.3 Å². The SMILES string of the molecule is C=CCn1c(COc2ccc(C)cc2OCC)nnc1SCC(=O)Nc1ccc(C(C)C)cc1. The number of thioether (sulfide) groups is 1. The van der Waals surface area contributed by atoms with Crippen molar-refractivity contribution in [1.82, 2.24) is 14.8 Å². The van der Waals surface area contributed by atoms with E-state index in [-0.39, 0.29) is 18.3 Å². The van der Waals surface area contributed by atoms with Crippen LogP contribution in [-0.2, 0) is 17.9 Å². The molecule has 0 saturated carbocycles. The van der Waals surface area contributed by atoms with Crippen LogP contribution >= 0.6 is 11.8 Å². The summed E-state index contributed by atoms with van der Waals surface area (Å²) in [6.07, 6.45) is 1.77. The van der Waals surface area contributed by atoms with E-state index < -0.39 is 0 Å². The molecule has 0 bridgehead atoms. The Morgan fingerprint density at radius 2 is 1.91 bits per heavy atom. The third kappa shape index (κ3) is 6.87. The molecule has 180 valence electrons. The van der Waals surface area contributed by atoms with Gasteiger partial charge in [0.2, 0.25) is 5.91 Å². The standard InChI is InChI=1S/C26H32N4O3S/c1-6-14-30-24(16-33-22-13-8-19(5)15-23(22)32-7-2)28-29-26(30)34-17-25(31)27-21-11-9-20(10-12-21)18(3)4/h6,8-13,15,18H,1,7,14,16-17H2,2-5H3,(H,27,31). The van der Waals surface area contributed by atoms with Gasteiger partial charge in [0.1, 0.15) is 6.61 Å². The molecule has 2 aromatic carbocycles. The lowest BCUT2D eigenvalue weighted by Crippen LogP contribution is -2.15. The van der Waals surface area contributed by atoms with Gasteiger partial charge in [-0.05, 0) is 55.2 Å². The largest absolute Gasteiger partial charge is 0.490 e. The number of rotatable bonds is 12. The van der Waals surface area contributed by atoms with Crippen LogP contribution in [0, 0.1) is 6.92 Å². The molecule has 0 aliphatic heterocycles. The first kappa shape index (κ1) is 25.4. The van der Waals surface area contributed by atoms with Gasteiger partial charge in [-0.1, -0.05) is 49.9 Å². The fourth-order valence-corrected chi connectivity index (χ4v) is 4.04. The van der Waals surface area contributed by atoms with E-state index in [9.17, 15) is 4.79 Å². The molecule has 0 atom stereocenters. The molecule has 3 aromatic rings. The molecule has 3 rings (SSSR count). The monoisotopic (exact) mass is 480 g/mol. The molecule has 1 N–H and O–H groups in total. The number of hydrogen-bond acceptors (Lipinski definition) is 6. The first-order valence-electron chi connectivity index (χ1n) is 11.3. The average molecular weight is 481 g/mol. The van der Waals surface area contributed by atoms with Crippen molar-refractivity contribution in [3.05, 3.63) is 72.1 Å². The highest BCUT2D eigenvalue weighted by Gasteiger charge is 2.15. The Morgan fingerprint density at radius 3 is 2.59 bits per heavy atom. The maximum atomic E-state index is 12.5. The molecule has 0 spiro atoms. The van der Waals surface area contributed by atoms with Gasteiger partial charge in [-0.2, -0.15) is 0 Å². The summed E-state index contributed by atoms with van der Waals surface area (Å²) in [5.41, 5.74) is 3.11. The smallest absolute Gasteiger partial charge is 0.234 e. The summed E-state index contributed by atoms with van der Waals surface area (Å²) in [5.74, 6) is 2.56. The van der Waals surface area contributed by atoms with Gasteiger partial charge in [-0.3, -0.25) is 9.36 Å². The Labute approximate surface area is 205 Å². The molecular weight excluding hydrogens is 448 g/mol. The summed E-state index contributed by atoms with van der Waals surface area (Å²) in [6, 6.07) is 13.7. The third-order valence-corrected chi connectivity index (χ3v) is 6.02. The second kappa shape index (κ2) is 12.3. The molecule has 0 aliphatic rings. The van der Waals surface area contributed by atoms with Gasteiger partial charge in [-0.25, -0.2) is 0 Å². The van der Waals surface area contributed by atoms with E-state index >= 15 is 0 Å². The number of carbonyl (C=O) groups is 1. The van der Waals surface area contributed by atoms with Crippen LogP contribution in [0.4, 0.5) is 5.69 Å². The lowest BCUT2D eigenvalue weighted by atomic mass is 10.0. The number of aromatic nitrogens is 3. The van der Waals surface area contributed by atoms with E-state index in [2.05, 4.69) is 35.9 Å². The number of allylic oxidation sites excluding steroid dienone is 1. The molecule has 34 heavy (non-hydrogen) atoms. The van der Waals surface area contributed by atoms with Crippen molar-refractivity contribution in [2.75, 3.05) is 17.7 Å². The number of hydrogen-bond donors (Lipinski definition) is 1. The summed E-state index contributed by atoms with van der Waals surface area (Å²) >= 11 is 1.33. The molecule has 0 unspecified atom stereocenters. The Bertz CT molecular complexity index is 1110. The maximum absolute atomic E-state index is 12.5. The van der Waals surface area contributed by atoms with Crippen molar-refractivity contribution in [3.8, 4) is 11.5 Å². The molecule has 0 aliphatic carbocycles. The topological polar surface area (TPSA) is 78.3 Å². The minimum atomic E-state index is -0.103. The maximum Gasteiger partial charge on any atom is 0.234 e. The highest BCUT2D eigenvalue weighted by molar-refractivity contribution is 7.99. The molecule has 7 nitrogen and oxygen atoms in total. The number of nitrogens with one attached hydrogen (secondary N) is 1. The van der Waals surface area contributed by atoms with Crippen LogP contribution in [0.2, 0.25) is 0 Å². The van der Waals surface area contributed by atoms with Gasteiger partial charge >= 0.3 is 0 Å². The zero-order valence-electron chi connectivity index (χ0n) is 20.2. The first-order chi connectivity index (χ1) is 16.4. The van der Waals surface area contributed by atoms with Crippen LogP contribution in [0.5, 0.6) is 11.5 Å². The Hall–Kier alpha value is -3.26. The second-order valence-electron chi connectivity index (χ2n) is 8.08. The highest BCUT2D eigenvalue weighted by atomic mass is 32.2. The fourth-order valence-electron chi connectivity index (χ4n) is 3.27. The highest BCUT2D eigenvalue weighted by Crippen LogP contribution is 2.29. The van der Waals surface area contributed by atoms with E-state index in [1.165, 1.54) is 17.3 Å². The van der Waals surface area contributed by atoms with Crippen molar-refractivity contribution in [1.29, 1.82) is 0 Å². The molecular formula is C26H32N4O3S. The molecule has 1 heterocycles. The number of amides is 1. The zero-order valence-corrected chi connectivity index (χ0v) is 21.0. The average Bonchev–Trinajstić information content (AvgIpc) is 3.19. The van der Waals surface area contributed by atoms with E-state index in [0.717, 1.165) is 11.3 Å². The summed E-state index contributed by atoms with van der Waals surface area (Å²) in [5, 5.41) is 12.1. The van der Waals surface area contributed by atoms with Gasteiger partial charge in [0.05, 0.1) is 12.4 Å². The quantitative estimate of drug-likeness (QED) is 0.268. The van der Waals surface area contributed by atoms with E-state index in [0.29, 0.717) is 41.5 Å². The van der Waals surface area contributed by atoms with E-state index in [1.54, 1.807) is 6.08 Å². The summed E-state index contributed by atoms with van der Waals surface area (Å²) < 4.78 is 13.6. The van der Waals surface area contributed by atoms with Crippen LogP contribution in [-0.4, -0.2) is 33.0 Å². The number of ether oxygens (including phenoxy) is 2. The van der Waals surface area contributed by atoms with Crippen molar-refractivity contribution in [3.63, 3.8) is 0 Å². The summed E-state index contributed by atoms with van der Waals surface area (Å²) in [6.45, 7) is 13.3. The van der Waals surface area contributed by atoms with Crippen LogP contribution in [0.1, 0.15) is 43.6 Å². The predicted molar refractivity (Wildman–Crippen MR) is 137 cm³/mol. The van der Waals surface area contributed by atoms with Crippen molar-refractivity contribution >= 4 is 23.4 Å². The number of nitrogens with zero attached hydrogens (tertiary/aromatic N) is 3. The molecule has 0 radical (unpaired) electrons. The van der Waals surface area contributed by atoms with E-state index in [4.69, 9.17) is 9.47 Å². The molecule has 0 fully saturated rings. The lowest BCUT2D eigenvalue weighted by Gasteiger charge is -2.13. The molecule has 8 heteroatoms.